The van der Waals surface area contributed by atoms with Gasteiger partial charge in [0.2, 0.25) is 11.8 Å². The smallest absolute Gasteiger partial charge is 0.249 e. The van der Waals surface area contributed by atoms with Crippen LogP contribution in [0, 0.1) is 0 Å². The van der Waals surface area contributed by atoms with Crippen LogP contribution in [0.15, 0.2) is 77.8 Å². The molecule has 33 heavy (non-hydrogen) atoms. The standard InChI is InChI=1S/C26H24ClN3O3/c1-3-22(26(32)29-19-10-7-11-20(15-19)33-2)30-23-13-12-18(27)14-21(23)25(28-16-24(30)31)17-8-5-4-6-9-17/h4-15,22H,3,16H2,1-2H3,(H,29,32). The number of nitrogens with one attached hydrogen (secondary N) is 1. The lowest BCUT2D eigenvalue weighted by Gasteiger charge is -2.30. The fraction of sp³-hybridized carbons (Fsp3) is 0.192. The highest BCUT2D eigenvalue weighted by Crippen LogP contribution is 2.32. The van der Waals surface area contributed by atoms with Crippen molar-refractivity contribution < 1.29 is 14.3 Å². The summed E-state index contributed by atoms with van der Waals surface area (Å²) in [5, 5.41) is 3.44. The van der Waals surface area contributed by atoms with Gasteiger partial charge in [-0.15, -0.1) is 0 Å². The Kier molecular flexibility index (Phi) is 6.75. The van der Waals surface area contributed by atoms with Crippen molar-refractivity contribution in [2.75, 3.05) is 23.9 Å². The number of rotatable bonds is 6. The molecule has 0 aliphatic carbocycles. The van der Waals surface area contributed by atoms with Crippen LogP contribution in [0.2, 0.25) is 5.02 Å². The molecule has 7 heteroatoms. The Morgan fingerprint density at radius 1 is 1.12 bits per heavy atom. The molecule has 3 aromatic carbocycles. The molecule has 0 saturated heterocycles. The number of fused-ring (bicyclic) bond motifs is 1. The number of hydrogen-bond acceptors (Lipinski definition) is 4. The minimum Gasteiger partial charge on any atom is -0.497 e. The summed E-state index contributed by atoms with van der Waals surface area (Å²) < 4.78 is 5.24. The Morgan fingerprint density at radius 3 is 2.64 bits per heavy atom. The van der Waals surface area contributed by atoms with Crippen LogP contribution in [0.3, 0.4) is 0 Å². The summed E-state index contributed by atoms with van der Waals surface area (Å²) in [5.41, 5.74) is 3.47. The second-order valence-corrected chi connectivity index (χ2v) is 8.04. The van der Waals surface area contributed by atoms with Gasteiger partial charge in [-0.25, -0.2) is 0 Å². The van der Waals surface area contributed by atoms with E-state index in [0.717, 1.165) is 5.56 Å². The lowest BCUT2D eigenvalue weighted by molar-refractivity contribution is -0.123. The van der Waals surface area contributed by atoms with Gasteiger partial charge in [-0.3, -0.25) is 19.5 Å². The van der Waals surface area contributed by atoms with Gasteiger partial charge in [-0.2, -0.15) is 0 Å². The molecular formula is C26H24ClN3O3. The molecular weight excluding hydrogens is 438 g/mol. The first-order valence-electron chi connectivity index (χ1n) is 10.7. The molecule has 0 aromatic heterocycles. The van der Waals surface area contributed by atoms with Gasteiger partial charge in [0.05, 0.1) is 18.5 Å². The van der Waals surface area contributed by atoms with E-state index < -0.39 is 6.04 Å². The summed E-state index contributed by atoms with van der Waals surface area (Å²) >= 11 is 6.33. The minimum absolute atomic E-state index is 0.0700. The Hall–Kier alpha value is -3.64. The van der Waals surface area contributed by atoms with Crippen molar-refractivity contribution in [2.24, 2.45) is 4.99 Å². The van der Waals surface area contributed by atoms with Crippen LogP contribution in [0.1, 0.15) is 24.5 Å². The number of hydrogen-bond donors (Lipinski definition) is 1. The zero-order chi connectivity index (χ0) is 23.4. The van der Waals surface area contributed by atoms with Gasteiger partial charge in [0.15, 0.2) is 0 Å². The Morgan fingerprint density at radius 2 is 1.91 bits per heavy atom. The van der Waals surface area contributed by atoms with Crippen molar-refractivity contribution in [1.29, 1.82) is 0 Å². The van der Waals surface area contributed by atoms with Crippen molar-refractivity contribution in [3.8, 4) is 5.75 Å². The lowest BCUT2D eigenvalue weighted by Crippen LogP contribution is -2.48. The van der Waals surface area contributed by atoms with E-state index in [1.54, 1.807) is 54.5 Å². The summed E-state index contributed by atoms with van der Waals surface area (Å²) in [7, 11) is 1.57. The third-order valence-corrected chi connectivity index (χ3v) is 5.74. The monoisotopic (exact) mass is 461 g/mol. The molecule has 1 aliphatic heterocycles. The maximum absolute atomic E-state index is 13.3. The van der Waals surface area contributed by atoms with Crippen molar-refractivity contribution in [2.45, 2.75) is 19.4 Å². The van der Waals surface area contributed by atoms with E-state index in [4.69, 9.17) is 16.3 Å². The zero-order valence-electron chi connectivity index (χ0n) is 18.4. The van der Waals surface area contributed by atoms with Gasteiger partial charge in [-0.1, -0.05) is 54.9 Å². The highest BCUT2D eigenvalue weighted by Gasteiger charge is 2.34. The molecule has 1 heterocycles. The quantitative estimate of drug-likeness (QED) is 0.564. The summed E-state index contributed by atoms with van der Waals surface area (Å²) in [6.45, 7) is 1.81. The van der Waals surface area contributed by atoms with Crippen LogP contribution in [0.5, 0.6) is 5.75 Å². The van der Waals surface area contributed by atoms with Gasteiger partial charge in [0.25, 0.3) is 0 Å². The third kappa shape index (κ3) is 4.76. The minimum atomic E-state index is -0.728. The SMILES string of the molecule is CCC(C(=O)Nc1cccc(OC)c1)N1C(=O)CN=C(c2ccccc2)c2cc(Cl)ccc21. The molecule has 0 bridgehead atoms. The lowest BCUT2D eigenvalue weighted by atomic mass is 9.99. The van der Waals surface area contributed by atoms with E-state index in [-0.39, 0.29) is 18.4 Å². The predicted molar refractivity (Wildman–Crippen MR) is 132 cm³/mol. The van der Waals surface area contributed by atoms with E-state index in [1.165, 1.54) is 0 Å². The van der Waals surface area contributed by atoms with E-state index in [2.05, 4.69) is 10.3 Å². The highest BCUT2D eigenvalue weighted by molar-refractivity contribution is 6.32. The second kappa shape index (κ2) is 9.88. The number of amides is 2. The molecule has 1 unspecified atom stereocenters. The molecule has 0 spiro atoms. The van der Waals surface area contributed by atoms with Gasteiger partial charge in [-0.05, 0) is 36.8 Å². The number of aliphatic imine (C=N–C) groups is 1. The average Bonchev–Trinajstić information content (AvgIpc) is 2.96. The van der Waals surface area contributed by atoms with Crippen molar-refractivity contribution >= 4 is 40.5 Å². The van der Waals surface area contributed by atoms with E-state index >= 15 is 0 Å². The summed E-state index contributed by atoms with van der Waals surface area (Å²) in [6, 6.07) is 21.3. The Balaban J connectivity index is 1.73. The number of anilines is 2. The molecule has 168 valence electrons. The van der Waals surface area contributed by atoms with Crippen molar-refractivity contribution in [1.82, 2.24) is 0 Å². The van der Waals surface area contributed by atoms with Crippen LogP contribution >= 0.6 is 11.6 Å². The molecule has 6 nitrogen and oxygen atoms in total. The number of carbonyl (C=O) groups excluding carboxylic acids is 2. The molecule has 0 saturated carbocycles. The number of ether oxygens (including phenoxy) is 1. The first kappa shape index (κ1) is 22.6. The Bertz CT molecular complexity index is 1210. The third-order valence-electron chi connectivity index (χ3n) is 5.50. The molecule has 1 aliphatic rings. The maximum atomic E-state index is 13.3. The Labute approximate surface area is 197 Å². The van der Waals surface area contributed by atoms with Crippen LogP contribution in [0.25, 0.3) is 0 Å². The van der Waals surface area contributed by atoms with E-state index in [9.17, 15) is 9.59 Å². The zero-order valence-corrected chi connectivity index (χ0v) is 19.2. The topological polar surface area (TPSA) is 71.0 Å². The number of nitrogens with zero attached hydrogens (tertiary/aromatic N) is 2. The van der Waals surface area contributed by atoms with Gasteiger partial charge in [0, 0.05) is 27.9 Å². The van der Waals surface area contributed by atoms with Crippen molar-refractivity contribution in [3.05, 3.63) is 88.9 Å². The van der Waals surface area contributed by atoms with Gasteiger partial charge >= 0.3 is 0 Å². The first-order valence-corrected chi connectivity index (χ1v) is 11.1. The predicted octanol–water partition coefficient (Wildman–Crippen LogP) is 4.95. The maximum Gasteiger partial charge on any atom is 0.249 e. The van der Waals surface area contributed by atoms with E-state index in [1.807, 2.05) is 37.3 Å². The van der Waals surface area contributed by atoms with Crippen LogP contribution < -0.4 is 15.0 Å². The summed E-state index contributed by atoms with van der Waals surface area (Å²) in [4.78, 5) is 32.8. The molecule has 1 atom stereocenters. The number of carbonyl (C=O) groups is 2. The first-order chi connectivity index (χ1) is 16.0. The number of halogens is 1. The molecule has 3 aromatic rings. The summed E-state index contributed by atoms with van der Waals surface area (Å²) in [5.74, 6) is 0.0906. The van der Waals surface area contributed by atoms with Crippen LogP contribution in [-0.4, -0.2) is 37.2 Å². The van der Waals surface area contributed by atoms with Gasteiger partial charge < -0.3 is 10.1 Å². The normalized spacial score (nSPS) is 14.1. The average molecular weight is 462 g/mol. The second-order valence-electron chi connectivity index (χ2n) is 7.60. The fourth-order valence-corrected chi connectivity index (χ4v) is 4.12. The van der Waals surface area contributed by atoms with Crippen LogP contribution in [-0.2, 0) is 9.59 Å². The molecule has 4 rings (SSSR count). The fourth-order valence-electron chi connectivity index (χ4n) is 3.95. The highest BCUT2D eigenvalue weighted by atomic mass is 35.5. The van der Waals surface area contributed by atoms with Crippen LogP contribution in [0.4, 0.5) is 11.4 Å². The summed E-state index contributed by atoms with van der Waals surface area (Å²) in [6.07, 6.45) is 0.421. The number of methoxy groups -OCH3 is 1. The molecule has 1 N–H and O–H groups in total. The molecule has 0 radical (unpaired) electrons. The number of benzodiazepines with no additional fused rings is 1. The largest absolute Gasteiger partial charge is 0.497 e. The number of benzene rings is 3. The van der Waals surface area contributed by atoms with E-state index in [0.29, 0.717) is 39.8 Å². The molecule has 2 amide bonds. The van der Waals surface area contributed by atoms with Crippen molar-refractivity contribution in [3.63, 3.8) is 0 Å². The molecule has 0 fully saturated rings. The van der Waals surface area contributed by atoms with Gasteiger partial charge in [0.1, 0.15) is 18.3 Å².